The van der Waals surface area contributed by atoms with Gasteiger partial charge >= 0.3 is 6.09 Å². The molecule has 2 rings (SSSR count). The third kappa shape index (κ3) is 4.98. The molecule has 1 aromatic carbocycles. The van der Waals surface area contributed by atoms with Crippen LogP contribution in [0.5, 0.6) is 0 Å². The lowest BCUT2D eigenvalue weighted by Gasteiger charge is -2.21. The van der Waals surface area contributed by atoms with Crippen LogP contribution in [0, 0.1) is 0 Å². The molecule has 2 amide bonds. The number of hydrogen-bond donors (Lipinski definition) is 0. The second-order valence-corrected chi connectivity index (χ2v) is 5.86. The smallest absolute Gasteiger partial charge is 0.409 e. The molecule has 0 N–H and O–H groups in total. The molecule has 0 aliphatic carbocycles. The molecule has 5 heteroatoms. The van der Waals surface area contributed by atoms with E-state index in [1.165, 1.54) is 18.2 Å². The Bertz CT molecular complexity index is 528. The van der Waals surface area contributed by atoms with Crippen molar-refractivity contribution in [2.75, 3.05) is 33.3 Å². The number of nitrogens with zero attached hydrogens (tertiary/aromatic N) is 2. The number of ether oxygens (including phenoxy) is 1. The molecule has 1 saturated heterocycles. The molecule has 0 bridgehead atoms. The molecule has 1 aliphatic rings. The minimum atomic E-state index is -0.310. The van der Waals surface area contributed by atoms with Gasteiger partial charge in [0.15, 0.2) is 0 Å². The van der Waals surface area contributed by atoms with Gasteiger partial charge in [-0.1, -0.05) is 31.2 Å². The Morgan fingerprint density at radius 1 is 1.00 bits per heavy atom. The highest BCUT2D eigenvalue weighted by molar-refractivity contribution is 5.76. The number of hydrogen-bond acceptors (Lipinski definition) is 3. The Morgan fingerprint density at radius 2 is 1.61 bits per heavy atom. The zero-order valence-corrected chi connectivity index (χ0v) is 14.1. The molecule has 0 spiro atoms. The maximum absolute atomic E-state index is 12.4. The molecule has 0 atom stereocenters. The van der Waals surface area contributed by atoms with E-state index in [9.17, 15) is 9.59 Å². The van der Waals surface area contributed by atoms with E-state index in [2.05, 4.69) is 31.2 Å². The highest BCUT2D eigenvalue weighted by Gasteiger charge is 2.21. The first-order valence-corrected chi connectivity index (χ1v) is 8.32. The van der Waals surface area contributed by atoms with Crippen molar-refractivity contribution < 1.29 is 14.3 Å². The van der Waals surface area contributed by atoms with Crippen molar-refractivity contribution >= 4 is 12.0 Å². The predicted molar refractivity (Wildman–Crippen MR) is 89.3 cm³/mol. The fourth-order valence-electron chi connectivity index (χ4n) is 2.83. The van der Waals surface area contributed by atoms with E-state index in [-0.39, 0.29) is 12.0 Å². The fraction of sp³-hybridized carbons (Fsp3) is 0.556. The summed E-state index contributed by atoms with van der Waals surface area (Å²) in [6, 6.07) is 8.46. The Balaban J connectivity index is 1.82. The largest absolute Gasteiger partial charge is 0.453 e. The van der Waals surface area contributed by atoms with Crippen molar-refractivity contribution in [1.82, 2.24) is 9.80 Å². The van der Waals surface area contributed by atoms with Crippen LogP contribution >= 0.6 is 0 Å². The number of carbonyl (C=O) groups is 2. The Kier molecular flexibility index (Phi) is 6.44. The van der Waals surface area contributed by atoms with Crippen LogP contribution in [0.2, 0.25) is 0 Å². The first-order chi connectivity index (χ1) is 11.1. The quantitative estimate of drug-likeness (QED) is 0.857. The first kappa shape index (κ1) is 17.3. The van der Waals surface area contributed by atoms with E-state index in [0.717, 1.165) is 19.3 Å². The lowest BCUT2D eigenvalue weighted by Crippen LogP contribution is -2.37. The van der Waals surface area contributed by atoms with Crippen molar-refractivity contribution in [3.8, 4) is 0 Å². The van der Waals surface area contributed by atoms with Crippen molar-refractivity contribution in [2.24, 2.45) is 0 Å². The molecule has 0 radical (unpaired) electrons. The molecular formula is C18H26N2O3. The van der Waals surface area contributed by atoms with E-state index in [4.69, 9.17) is 4.74 Å². The van der Waals surface area contributed by atoms with Gasteiger partial charge in [-0.15, -0.1) is 0 Å². The topological polar surface area (TPSA) is 49.9 Å². The molecule has 1 aromatic rings. The number of benzene rings is 1. The van der Waals surface area contributed by atoms with Crippen molar-refractivity contribution in [2.45, 2.75) is 32.6 Å². The third-order valence-corrected chi connectivity index (χ3v) is 4.34. The maximum Gasteiger partial charge on any atom is 0.409 e. The van der Waals surface area contributed by atoms with Crippen LogP contribution in [-0.4, -0.2) is 55.1 Å². The molecule has 5 nitrogen and oxygen atoms in total. The molecule has 1 heterocycles. The van der Waals surface area contributed by atoms with Gasteiger partial charge in [0.25, 0.3) is 0 Å². The monoisotopic (exact) mass is 318 g/mol. The molecule has 1 aliphatic heterocycles. The van der Waals surface area contributed by atoms with Gasteiger partial charge in [0.1, 0.15) is 0 Å². The zero-order chi connectivity index (χ0) is 16.7. The minimum Gasteiger partial charge on any atom is -0.453 e. The second kappa shape index (κ2) is 8.56. The number of aryl methyl sites for hydroxylation is 2. The van der Waals surface area contributed by atoms with Gasteiger partial charge in [-0.05, 0) is 30.4 Å². The van der Waals surface area contributed by atoms with Crippen LogP contribution in [0.3, 0.4) is 0 Å². The molecular weight excluding hydrogens is 292 g/mol. The average molecular weight is 318 g/mol. The number of carbonyl (C=O) groups excluding carboxylic acids is 2. The number of methoxy groups -OCH3 is 1. The van der Waals surface area contributed by atoms with Gasteiger partial charge in [0, 0.05) is 32.6 Å². The van der Waals surface area contributed by atoms with E-state index in [0.29, 0.717) is 32.6 Å². The Labute approximate surface area is 138 Å². The summed E-state index contributed by atoms with van der Waals surface area (Å²) in [5, 5.41) is 0. The SMILES string of the molecule is CCc1ccc(CCC(=O)N2CCCN(C(=O)OC)CC2)cc1. The zero-order valence-electron chi connectivity index (χ0n) is 14.1. The van der Waals surface area contributed by atoms with E-state index in [1.54, 1.807) is 4.90 Å². The summed E-state index contributed by atoms with van der Waals surface area (Å²) in [5.41, 5.74) is 2.51. The average Bonchev–Trinajstić information content (AvgIpc) is 2.85. The van der Waals surface area contributed by atoms with E-state index in [1.807, 2.05) is 4.90 Å². The summed E-state index contributed by atoms with van der Waals surface area (Å²) in [6.45, 7) is 4.62. The van der Waals surface area contributed by atoms with Gasteiger partial charge in [-0.25, -0.2) is 4.79 Å². The van der Waals surface area contributed by atoms with Gasteiger partial charge in [0.2, 0.25) is 5.91 Å². The Morgan fingerprint density at radius 3 is 2.26 bits per heavy atom. The minimum absolute atomic E-state index is 0.163. The standard InChI is InChI=1S/C18H26N2O3/c1-3-15-5-7-16(8-6-15)9-10-17(21)19-11-4-12-20(14-13-19)18(22)23-2/h5-8H,3-4,9-14H2,1-2H3. The highest BCUT2D eigenvalue weighted by Crippen LogP contribution is 2.10. The Hall–Kier alpha value is -2.04. The van der Waals surface area contributed by atoms with Crippen LogP contribution in [0.25, 0.3) is 0 Å². The maximum atomic E-state index is 12.4. The molecule has 0 unspecified atom stereocenters. The van der Waals surface area contributed by atoms with Gasteiger partial charge in [-0.2, -0.15) is 0 Å². The van der Waals surface area contributed by atoms with Crippen LogP contribution < -0.4 is 0 Å². The number of amides is 2. The van der Waals surface area contributed by atoms with E-state index >= 15 is 0 Å². The van der Waals surface area contributed by atoms with Crippen molar-refractivity contribution in [1.29, 1.82) is 0 Å². The lowest BCUT2D eigenvalue weighted by atomic mass is 10.1. The summed E-state index contributed by atoms with van der Waals surface area (Å²) in [7, 11) is 1.39. The van der Waals surface area contributed by atoms with Crippen molar-refractivity contribution in [3.63, 3.8) is 0 Å². The summed E-state index contributed by atoms with van der Waals surface area (Å²) < 4.78 is 4.75. The molecule has 0 saturated carbocycles. The van der Waals surface area contributed by atoms with Gasteiger partial charge in [-0.3, -0.25) is 4.79 Å². The summed E-state index contributed by atoms with van der Waals surface area (Å²) in [6.07, 6.45) is 2.80. The van der Waals surface area contributed by atoms with Crippen molar-refractivity contribution in [3.05, 3.63) is 35.4 Å². The normalized spacial score (nSPS) is 15.2. The molecule has 126 valence electrons. The van der Waals surface area contributed by atoms with Crippen LogP contribution in [0.1, 0.15) is 30.9 Å². The van der Waals surface area contributed by atoms with Gasteiger partial charge in [0.05, 0.1) is 7.11 Å². The second-order valence-electron chi connectivity index (χ2n) is 5.86. The summed E-state index contributed by atoms with van der Waals surface area (Å²) in [4.78, 5) is 27.5. The molecule has 1 fully saturated rings. The first-order valence-electron chi connectivity index (χ1n) is 8.32. The lowest BCUT2D eigenvalue weighted by molar-refractivity contribution is -0.131. The number of rotatable bonds is 4. The fourth-order valence-corrected chi connectivity index (χ4v) is 2.83. The summed E-state index contributed by atoms with van der Waals surface area (Å²) >= 11 is 0. The van der Waals surface area contributed by atoms with E-state index < -0.39 is 0 Å². The third-order valence-electron chi connectivity index (χ3n) is 4.34. The predicted octanol–water partition coefficient (Wildman–Crippen LogP) is 2.48. The highest BCUT2D eigenvalue weighted by atomic mass is 16.5. The van der Waals surface area contributed by atoms with Crippen LogP contribution in [0.15, 0.2) is 24.3 Å². The van der Waals surface area contributed by atoms with Crippen LogP contribution in [0.4, 0.5) is 4.79 Å². The summed E-state index contributed by atoms with van der Waals surface area (Å²) in [5.74, 6) is 0.163. The molecule has 23 heavy (non-hydrogen) atoms. The molecule has 0 aromatic heterocycles. The van der Waals surface area contributed by atoms with Crippen LogP contribution in [-0.2, 0) is 22.4 Å². The van der Waals surface area contributed by atoms with Gasteiger partial charge < -0.3 is 14.5 Å².